The summed E-state index contributed by atoms with van der Waals surface area (Å²) in [6, 6.07) is 12.9. The SMILES string of the molecule is COc1ccc(-c2n[nH]c(=S)n2CCC(=O)Nc2ccc3c(c2)OCCCO3)cc1. The van der Waals surface area contributed by atoms with Gasteiger partial charge in [-0.1, -0.05) is 0 Å². The van der Waals surface area contributed by atoms with Crippen LogP contribution in [0, 0.1) is 4.77 Å². The monoisotopic (exact) mass is 426 g/mol. The lowest BCUT2D eigenvalue weighted by molar-refractivity contribution is -0.116. The van der Waals surface area contributed by atoms with E-state index in [-0.39, 0.29) is 12.3 Å². The number of methoxy groups -OCH3 is 1. The smallest absolute Gasteiger partial charge is 0.226 e. The highest BCUT2D eigenvalue weighted by atomic mass is 32.1. The summed E-state index contributed by atoms with van der Waals surface area (Å²) in [6.45, 7) is 1.62. The third kappa shape index (κ3) is 4.46. The molecule has 4 rings (SSSR count). The highest BCUT2D eigenvalue weighted by Gasteiger charge is 2.14. The number of carbonyl (C=O) groups is 1. The van der Waals surface area contributed by atoms with Gasteiger partial charge in [-0.3, -0.25) is 14.5 Å². The maximum Gasteiger partial charge on any atom is 0.226 e. The van der Waals surface area contributed by atoms with Crippen molar-refractivity contribution in [1.29, 1.82) is 0 Å². The summed E-state index contributed by atoms with van der Waals surface area (Å²) in [5.74, 6) is 2.64. The van der Waals surface area contributed by atoms with Crippen LogP contribution in [-0.4, -0.2) is 41.0 Å². The van der Waals surface area contributed by atoms with Crippen molar-refractivity contribution < 1.29 is 19.0 Å². The van der Waals surface area contributed by atoms with Gasteiger partial charge in [0, 0.05) is 36.7 Å². The Hall–Kier alpha value is -3.33. The number of fused-ring (bicyclic) bond motifs is 1. The van der Waals surface area contributed by atoms with Gasteiger partial charge in [-0.15, -0.1) is 0 Å². The summed E-state index contributed by atoms with van der Waals surface area (Å²) in [4.78, 5) is 12.5. The molecule has 0 radical (unpaired) electrons. The zero-order valence-corrected chi connectivity index (χ0v) is 17.3. The van der Waals surface area contributed by atoms with Crippen molar-refractivity contribution in [2.45, 2.75) is 19.4 Å². The van der Waals surface area contributed by atoms with Gasteiger partial charge in [-0.05, 0) is 48.6 Å². The van der Waals surface area contributed by atoms with Gasteiger partial charge in [0.2, 0.25) is 5.91 Å². The molecule has 1 aromatic heterocycles. The number of hydrogen-bond donors (Lipinski definition) is 2. The number of ether oxygens (including phenoxy) is 3. The van der Waals surface area contributed by atoms with E-state index >= 15 is 0 Å². The van der Waals surface area contributed by atoms with E-state index in [9.17, 15) is 4.79 Å². The van der Waals surface area contributed by atoms with Gasteiger partial charge in [0.05, 0.1) is 20.3 Å². The maximum absolute atomic E-state index is 12.5. The van der Waals surface area contributed by atoms with Crippen LogP contribution in [0.5, 0.6) is 17.2 Å². The minimum atomic E-state index is -0.131. The summed E-state index contributed by atoms with van der Waals surface area (Å²) in [7, 11) is 1.62. The third-order valence-corrected chi connectivity index (χ3v) is 5.01. The second-order valence-corrected chi connectivity index (χ2v) is 7.13. The Bertz CT molecular complexity index is 1090. The van der Waals surface area contributed by atoms with Crippen LogP contribution < -0.4 is 19.5 Å². The molecular weight excluding hydrogens is 404 g/mol. The first kappa shape index (κ1) is 20.0. The Morgan fingerprint density at radius 1 is 1.20 bits per heavy atom. The van der Waals surface area contributed by atoms with Crippen LogP contribution in [0.25, 0.3) is 11.4 Å². The lowest BCUT2D eigenvalue weighted by atomic mass is 10.2. The number of benzene rings is 2. The lowest BCUT2D eigenvalue weighted by Crippen LogP contribution is -2.15. The third-order valence-electron chi connectivity index (χ3n) is 4.70. The average Bonchev–Trinajstić information content (AvgIpc) is 2.97. The van der Waals surface area contributed by atoms with Crippen molar-refractivity contribution in [3.63, 3.8) is 0 Å². The topological polar surface area (TPSA) is 90.4 Å². The zero-order chi connectivity index (χ0) is 20.9. The van der Waals surface area contributed by atoms with Crippen LogP contribution in [0.3, 0.4) is 0 Å². The quantitative estimate of drug-likeness (QED) is 0.583. The highest BCUT2D eigenvalue weighted by Crippen LogP contribution is 2.32. The molecule has 2 aromatic carbocycles. The number of nitrogens with zero attached hydrogens (tertiary/aromatic N) is 2. The van der Waals surface area contributed by atoms with E-state index in [1.54, 1.807) is 19.2 Å². The number of aromatic nitrogens is 3. The van der Waals surface area contributed by atoms with Crippen molar-refractivity contribution in [3.8, 4) is 28.6 Å². The second-order valence-electron chi connectivity index (χ2n) is 6.74. The van der Waals surface area contributed by atoms with Gasteiger partial charge in [0.15, 0.2) is 22.1 Å². The van der Waals surface area contributed by atoms with E-state index < -0.39 is 0 Å². The Morgan fingerprint density at radius 3 is 2.73 bits per heavy atom. The molecule has 2 N–H and O–H groups in total. The molecular formula is C21H22N4O4S. The molecule has 9 heteroatoms. The van der Waals surface area contributed by atoms with Crippen LogP contribution in [0.1, 0.15) is 12.8 Å². The molecule has 0 atom stereocenters. The Balaban J connectivity index is 1.42. The van der Waals surface area contributed by atoms with Gasteiger partial charge < -0.3 is 19.5 Å². The Morgan fingerprint density at radius 2 is 1.97 bits per heavy atom. The predicted octanol–water partition coefficient (Wildman–Crippen LogP) is 3.81. The first-order chi connectivity index (χ1) is 14.6. The number of amides is 1. The van der Waals surface area contributed by atoms with Gasteiger partial charge in [0.1, 0.15) is 5.75 Å². The number of aromatic amines is 1. The van der Waals surface area contributed by atoms with Crippen LogP contribution in [0.2, 0.25) is 0 Å². The van der Waals surface area contributed by atoms with Gasteiger partial charge in [0.25, 0.3) is 0 Å². The largest absolute Gasteiger partial charge is 0.497 e. The number of carbonyl (C=O) groups excluding carboxylic acids is 1. The molecule has 1 aliphatic heterocycles. The molecule has 0 bridgehead atoms. The van der Waals surface area contributed by atoms with Crippen molar-refractivity contribution in [2.24, 2.45) is 0 Å². The normalized spacial score (nSPS) is 12.8. The summed E-state index contributed by atoms with van der Waals surface area (Å²) in [5, 5.41) is 10.0. The fourth-order valence-electron chi connectivity index (χ4n) is 3.16. The molecule has 0 unspecified atom stereocenters. The minimum absolute atomic E-state index is 0.131. The molecule has 3 aromatic rings. The van der Waals surface area contributed by atoms with Gasteiger partial charge in [-0.2, -0.15) is 5.10 Å². The fourth-order valence-corrected chi connectivity index (χ4v) is 3.39. The van der Waals surface area contributed by atoms with E-state index in [4.69, 9.17) is 26.4 Å². The molecule has 2 heterocycles. The summed E-state index contributed by atoms with van der Waals surface area (Å²) in [6.07, 6.45) is 1.07. The number of H-pyrrole nitrogens is 1. The molecule has 0 saturated carbocycles. The molecule has 1 aliphatic rings. The van der Waals surface area contributed by atoms with Gasteiger partial charge in [-0.25, -0.2) is 0 Å². The Labute approximate surface area is 178 Å². The van der Waals surface area contributed by atoms with Gasteiger partial charge >= 0.3 is 0 Å². The average molecular weight is 426 g/mol. The number of rotatable bonds is 6. The zero-order valence-electron chi connectivity index (χ0n) is 16.5. The van der Waals surface area contributed by atoms with E-state index in [2.05, 4.69) is 15.5 Å². The molecule has 8 nitrogen and oxygen atoms in total. The first-order valence-corrected chi connectivity index (χ1v) is 10.0. The van der Waals surface area contributed by atoms with Crippen molar-refractivity contribution in [3.05, 3.63) is 47.2 Å². The van der Waals surface area contributed by atoms with E-state index in [1.807, 2.05) is 34.9 Å². The summed E-state index contributed by atoms with van der Waals surface area (Å²) in [5.41, 5.74) is 1.54. The molecule has 0 spiro atoms. The van der Waals surface area contributed by atoms with Crippen molar-refractivity contribution in [2.75, 3.05) is 25.6 Å². The molecule has 156 valence electrons. The minimum Gasteiger partial charge on any atom is -0.497 e. The highest BCUT2D eigenvalue weighted by molar-refractivity contribution is 7.71. The molecule has 0 aliphatic carbocycles. The summed E-state index contributed by atoms with van der Waals surface area (Å²) >= 11 is 5.34. The first-order valence-electron chi connectivity index (χ1n) is 9.63. The van der Waals surface area contributed by atoms with Crippen molar-refractivity contribution in [1.82, 2.24) is 14.8 Å². The van der Waals surface area contributed by atoms with Crippen LogP contribution in [0.4, 0.5) is 5.69 Å². The Kier molecular flexibility index (Phi) is 5.99. The van der Waals surface area contributed by atoms with Crippen LogP contribution in [-0.2, 0) is 11.3 Å². The fraction of sp³-hybridized carbons (Fsp3) is 0.286. The number of nitrogens with one attached hydrogen (secondary N) is 2. The van der Waals surface area contributed by atoms with Crippen molar-refractivity contribution >= 4 is 23.8 Å². The standard InChI is InChI=1S/C21H22N4O4S/c1-27-16-6-3-14(4-7-16)20-23-24-21(30)25(20)10-9-19(26)22-15-5-8-17-18(13-15)29-12-2-11-28-17/h3-8,13H,2,9-12H2,1H3,(H,22,26)(H,24,30). The number of anilines is 1. The van der Waals surface area contributed by atoms with Crippen LogP contribution >= 0.6 is 12.2 Å². The predicted molar refractivity (Wildman–Crippen MR) is 115 cm³/mol. The number of hydrogen-bond acceptors (Lipinski definition) is 6. The molecule has 0 saturated heterocycles. The molecule has 0 fully saturated rings. The van der Waals surface area contributed by atoms with E-state index in [1.165, 1.54) is 0 Å². The van der Waals surface area contributed by atoms with E-state index in [0.717, 1.165) is 17.7 Å². The molecule has 30 heavy (non-hydrogen) atoms. The summed E-state index contributed by atoms with van der Waals surface area (Å²) < 4.78 is 18.8. The van der Waals surface area contributed by atoms with E-state index in [0.29, 0.717) is 47.5 Å². The maximum atomic E-state index is 12.5. The van der Waals surface area contributed by atoms with Crippen LogP contribution in [0.15, 0.2) is 42.5 Å². The molecule has 1 amide bonds. The lowest BCUT2D eigenvalue weighted by Gasteiger charge is -2.11. The second kappa shape index (κ2) is 9.00.